The molecule has 0 aliphatic carbocycles. The Morgan fingerprint density at radius 1 is 1.30 bits per heavy atom. The lowest BCUT2D eigenvalue weighted by atomic mass is 10.2. The summed E-state index contributed by atoms with van der Waals surface area (Å²) in [6, 6.07) is 0. The molecule has 23 heavy (non-hydrogen) atoms. The third-order valence-electron chi connectivity index (χ3n) is 2.40. The van der Waals surface area contributed by atoms with E-state index in [0.29, 0.717) is 11.0 Å². The van der Waals surface area contributed by atoms with E-state index in [-0.39, 0.29) is 0 Å². The van der Waals surface area contributed by atoms with Crippen molar-refractivity contribution in [3.05, 3.63) is 11.6 Å². The Morgan fingerprint density at radius 3 is 2.35 bits per heavy atom. The van der Waals surface area contributed by atoms with E-state index < -0.39 is 59.5 Å². The van der Waals surface area contributed by atoms with E-state index in [1.165, 1.54) is 0 Å². The van der Waals surface area contributed by atoms with Gasteiger partial charge in [0, 0.05) is 12.6 Å². The van der Waals surface area contributed by atoms with Crippen LogP contribution in [0.3, 0.4) is 0 Å². The maximum absolute atomic E-state index is 12.0. The van der Waals surface area contributed by atoms with Gasteiger partial charge in [0.05, 0.1) is 6.42 Å². The summed E-state index contributed by atoms with van der Waals surface area (Å²) in [6.07, 6.45) is -5.61. The predicted octanol–water partition coefficient (Wildman–Crippen LogP) is -1.52. The minimum atomic E-state index is -5.44. The number of carbonyl (C=O) groups is 5. The number of carboxylic acids is 1. The lowest BCUT2D eigenvalue weighted by Crippen LogP contribution is -2.45. The van der Waals surface area contributed by atoms with Crippen LogP contribution < -0.4 is 5.84 Å². The van der Waals surface area contributed by atoms with E-state index >= 15 is 0 Å². The van der Waals surface area contributed by atoms with Gasteiger partial charge in [-0.1, -0.05) is 5.17 Å². The zero-order valence-electron chi connectivity index (χ0n) is 11.0. The molecule has 0 aromatic carbocycles. The molecule has 3 amide bonds. The molecule has 0 fully saturated rings. The molecule has 1 aliphatic rings. The Bertz CT molecular complexity index is 613. The van der Waals surface area contributed by atoms with Crippen LogP contribution in [-0.2, 0) is 28.8 Å². The molecule has 13 heteroatoms. The molecule has 10 nitrogen and oxygen atoms in total. The van der Waals surface area contributed by atoms with Gasteiger partial charge in [0.25, 0.3) is 11.8 Å². The van der Waals surface area contributed by atoms with Crippen LogP contribution >= 0.6 is 0 Å². The number of imide groups is 1. The zero-order chi connectivity index (χ0) is 17.9. The van der Waals surface area contributed by atoms with Crippen LogP contribution in [0.5, 0.6) is 0 Å². The monoisotopic (exact) mass is 339 g/mol. The quantitative estimate of drug-likeness (QED) is 0.206. The molecule has 0 spiro atoms. The fraction of sp³-hybridized carbons (Fsp3) is 0.300. The summed E-state index contributed by atoms with van der Waals surface area (Å²) in [4.78, 5) is 59.6. The van der Waals surface area contributed by atoms with Crippen molar-refractivity contribution in [2.75, 3.05) is 6.54 Å². The molecule has 126 valence electrons. The fourth-order valence-electron chi connectivity index (χ4n) is 1.38. The largest absolute Gasteiger partial charge is 0.493 e. The summed E-state index contributed by atoms with van der Waals surface area (Å²) in [5.74, 6) is -3.37. The second kappa shape index (κ2) is 6.43. The van der Waals surface area contributed by atoms with Gasteiger partial charge in [0.1, 0.15) is 5.57 Å². The van der Waals surface area contributed by atoms with E-state index in [2.05, 4.69) is 4.84 Å². The lowest BCUT2D eigenvalue weighted by Gasteiger charge is -2.17. The lowest BCUT2D eigenvalue weighted by molar-refractivity contribution is -0.236. The first-order valence-corrected chi connectivity index (χ1v) is 5.62. The Kier molecular flexibility index (Phi) is 5.06. The molecular weight excluding hydrogens is 331 g/mol. The maximum Gasteiger partial charge on any atom is 0.493 e. The van der Waals surface area contributed by atoms with Crippen molar-refractivity contribution in [2.45, 2.75) is 12.6 Å². The van der Waals surface area contributed by atoms with Crippen LogP contribution in [0.25, 0.3) is 0 Å². The number of nitrogens with zero attached hydrogens (tertiary/aromatic N) is 2. The topological polar surface area (TPSA) is 147 Å². The van der Waals surface area contributed by atoms with Gasteiger partial charge in [-0.3, -0.25) is 24.1 Å². The SMILES string of the molecule is NN(OC(=O)C(F)(F)F)C(=O)C1=CC(=O)N(CCC(=O)O)C1=O. The van der Waals surface area contributed by atoms with E-state index in [1.807, 2.05) is 0 Å². The number of hydrogen-bond donors (Lipinski definition) is 2. The number of hydrazine groups is 1. The van der Waals surface area contributed by atoms with E-state index in [1.54, 1.807) is 0 Å². The summed E-state index contributed by atoms with van der Waals surface area (Å²) >= 11 is 0. The predicted molar refractivity (Wildman–Crippen MR) is 60.2 cm³/mol. The van der Waals surface area contributed by atoms with Crippen molar-refractivity contribution in [1.82, 2.24) is 10.1 Å². The number of alkyl halides is 3. The number of hydroxylamine groups is 1. The van der Waals surface area contributed by atoms with E-state index in [9.17, 15) is 37.1 Å². The zero-order valence-corrected chi connectivity index (χ0v) is 11.0. The molecule has 0 saturated carbocycles. The van der Waals surface area contributed by atoms with Crippen molar-refractivity contribution in [1.29, 1.82) is 0 Å². The molecule has 0 radical (unpaired) electrons. The highest BCUT2D eigenvalue weighted by atomic mass is 19.4. The third-order valence-corrected chi connectivity index (χ3v) is 2.40. The normalized spacial score (nSPS) is 14.6. The van der Waals surface area contributed by atoms with Crippen molar-refractivity contribution in [3.63, 3.8) is 0 Å². The molecule has 0 saturated heterocycles. The third kappa shape index (κ3) is 4.26. The number of carbonyl (C=O) groups excluding carboxylic acids is 4. The van der Waals surface area contributed by atoms with E-state index in [4.69, 9.17) is 10.9 Å². The van der Waals surface area contributed by atoms with Gasteiger partial charge in [-0.15, -0.1) is 0 Å². The number of nitrogens with two attached hydrogens (primary N) is 1. The Labute approximate surface area is 124 Å². The molecule has 1 aliphatic heterocycles. The summed E-state index contributed by atoms with van der Waals surface area (Å²) in [6.45, 7) is -0.562. The first-order valence-electron chi connectivity index (χ1n) is 5.62. The minimum Gasteiger partial charge on any atom is -0.481 e. The fourth-order valence-corrected chi connectivity index (χ4v) is 1.38. The molecule has 0 aromatic rings. The van der Waals surface area contributed by atoms with Gasteiger partial charge in [0.15, 0.2) is 0 Å². The van der Waals surface area contributed by atoms with Crippen LogP contribution in [-0.4, -0.2) is 57.6 Å². The summed E-state index contributed by atoms with van der Waals surface area (Å²) in [5.41, 5.74) is -0.974. The summed E-state index contributed by atoms with van der Waals surface area (Å²) < 4.78 is 35.9. The highest BCUT2D eigenvalue weighted by molar-refractivity contribution is 6.29. The van der Waals surface area contributed by atoms with Crippen LogP contribution in [0.2, 0.25) is 0 Å². The first kappa shape index (κ1) is 18.1. The van der Waals surface area contributed by atoms with Crippen LogP contribution in [0.1, 0.15) is 6.42 Å². The highest BCUT2D eigenvalue weighted by Crippen LogP contribution is 2.19. The van der Waals surface area contributed by atoms with Crippen LogP contribution in [0.4, 0.5) is 13.2 Å². The van der Waals surface area contributed by atoms with Crippen molar-refractivity contribution in [2.24, 2.45) is 5.84 Å². The van der Waals surface area contributed by atoms with Gasteiger partial charge in [-0.2, -0.15) is 13.2 Å². The number of aliphatic carboxylic acids is 1. The molecule has 1 rings (SSSR count). The average molecular weight is 339 g/mol. The molecule has 0 aromatic heterocycles. The number of amides is 3. The van der Waals surface area contributed by atoms with Gasteiger partial charge in [0.2, 0.25) is 0 Å². The van der Waals surface area contributed by atoms with Gasteiger partial charge >= 0.3 is 24.0 Å². The summed E-state index contributed by atoms with van der Waals surface area (Å²) in [7, 11) is 0. The standard InChI is InChI=1S/C10H8F3N3O7/c11-10(12,13)9(22)23-16(14)8(21)4-3-5(17)15(7(4)20)2-1-6(18)19/h3H,1-2,14H2,(H,18,19). The van der Waals surface area contributed by atoms with Crippen molar-refractivity contribution < 1.29 is 47.1 Å². The minimum absolute atomic E-state index is 0.376. The smallest absolute Gasteiger partial charge is 0.481 e. The molecule has 0 unspecified atom stereocenters. The Balaban J connectivity index is 2.79. The van der Waals surface area contributed by atoms with E-state index in [0.717, 1.165) is 0 Å². The number of halogens is 3. The Hall–Kier alpha value is -2.96. The van der Waals surface area contributed by atoms with Crippen LogP contribution in [0, 0.1) is 0 Å². The molecular formula is C10H8F3N3O7. The number of carboxylic acid groups (broad SMARTS) is 1. The number of rotatable bonds is 4. The molecule has 0 bridgehead atoms. The number of hydrogen-bond acceptors (Lipinski definition) is 7. The Morgan fingerprint density at radius 2 is 1.87 bits per heavy atom. The van der Waals surface area contributed by atoms with Gasteiger partial charge in [-0.05, 0) is 0 Å². The molecule has 1 heterocycles. The summed E-state index contributed by atoms with van der Waals surface area (Å²) in [5, 5.41) is 7.81. The second-order valence-corrected chi connectivity index (χ2v) is 4.00. The van der Waals surface area contributed by atoms with Crippen molar-refractivity contribution >= 4 is 29.7 Å². The molecule has 0 atom stereocenters. The second-order valence-electron chi connectivity index (χ2n) is 4.00. The highest BCUT2D eigenvalue weighted by Gasteiger charge is 2.44. The van der Waals surface area contributed by atoms with Crippen LogP contribution in [0.15, 0.2) is 11.6 Å². The maximum atomic E-state index is 12.0. The molecule has 3 N–H and O–H groups in total. The first-order chi connectivity index (χ1) is 10.4. The van der Waals surface area contributed by atoms with Gasteiger partial charge < -0.3 is 9.94 Å². The van der Waals surface area contributed by atoms with Crippen molar-refractivity contribution in [3.8, 4) is 0 Å². The average Bonchev–Trinajstić information content (AvgIpc) is 2.69. The van der Waals surface area contributed by atoms with Gasteiger partial charge in [-0.25, -0.2) is 10.6 Å².